The van der Waals surface area contributed by atoms with Crippen LogP contribution in [0.15, 0.2) is 23.1 Å². The zero-order chi connectivity index (χ0) is 12.8. The van der Waals surface area contributed by atoms with E-state index in [-0.39, 0.29) is 18.1 Å². The molecule has 4 heteroatoms. The van der Waals surface area contributed by atoms with Crippen molar-refractivity contribution in [3.63, 3.8) is 0 Å². The Kier molecular flexibility index (Phi) is 4.94. The van der Waals surface area contributed by atoms with Crippen molar-refractivity contribution in [3.05, 3.63) is 34.2 Å². The fourth-order valence-corrected chi connectivity index (χ4v) is 1.33. The molecule has 0 spiro atoms. The van der Waals surface area contributed by atoms with E-state index in [0.29, 0.717) is 12.5 Å². The molecule has 0 aliphatic rings. The minimum absolute atomic E-state index is 0.0167. The number of aryl methyl sites for hydroxylation is 1. The fraction of sp³-hybridized carbons (Fsp3) is 0.538. The van der Waals surface area contributed by atoms with Crippen molar-refractivity contribution in [3.8, 4) is 0 Å². The van der Waals surface area contributed by atoms with Crippen LogP contribution in [0.2, 0.25) is 0 Å². The maximum Gasteiger partial charge on any atom is 0.326 e. The highest BCUT2D eigenvalue weighted by Gasteiger charge is 2.06. The molecular formula is C13H19NO3. The summed E-state index contributed by atoms with van der Waals surface area (Å²) in [4.78, 5) is 23.0. The zero-order valence-corrected chi connectivity index (χ0v) is 10.6. The van der Waals surface area contributed by atoms with E-state index in [4.69, 9.17) is 4.74 Å². The number of pyridine rings is 1. The number of carbonyl (C=O) groups excluding carboxylic acids is 1. The van der Waals surface area contributed by atoms with Gasteiger partial charge >= 0.3 is 5.97 Å². The number of rotatable bonds is 5. The predicted molar refractivity (Wildman–Crippen MR) is 65.9 cm³/mol. The summed E-state index contributed by atoms with van der Waals surface area (Å²) in [6, 6.07) is 3.30. The summed E-state index contributed by atoms with van der Waals surface area (Å²) in [5, 5.41) is 0. The molecule has 0 saturated carbocycles. The van der Waals surface area contributed by atoms with Crippen LogP contribution in [0.5, 0.6) is 0 Å². The first-order chi connectivity index (χ1) is 7.99. The van der Waals surface area contributed by atoms with Gasteiger partial charge in [-0.3, -0.25) is 9.59 Å². The van der Waals surface area contributed by atoms with Crippen LogP contribution in [0, 0.1) is 12.8 Å². The van der Waals surface area contributed by atoms with E-state index in [9.17, 15) is 9.59 Å². The second-order valence-corrected chi connectivity index (χ2v) is 4.57. The van der Waals surface area contributed by atoms with Gasteiger partial charge in [0.25, 0.3) is 5.56 Å². The Morgan fingerprint density at radius 2 is 2.18 bits per heavy atom. The fourth-order valence-electron chi connectivity index (χ4n) is 1.33. The van der Waals surface area contributed by atoms with Crippen molar-refractivity contribution in [2.24, 2.45) is 5.92 Å². The van der Waals surface area contributed by atoms with Crippen LogP contribution >= 0.6 is 0 Å². The number of aromatic nitrogens is 1. The number of ether oxygens (including phenoxy) is 1. The second-order valence-electron chi connectivity index (χ2n) is 4.57. The van der Waals surface area contributed by atoms with Gasteiger partial charge in [0.2, 0.25) is 0 Å². The van der Waals surface area contributed by atoms with Gasteiger partial charge in [-0.25, -0.2) is 0 Å². The van der Waals surface area contributed by atoms with Crippen molar-refractivity contribution in [1.29, 1.82) is 0 Å². The van der Waals surface area contributed by atoms with E-state index in [1.807, 2.05) is 6.92 Å². The van der Waals surface area contributed by atoms with Crippen LogP contribution in [0.25, 0.3) is 0 Å². The molecule has 1 aromatic rings. The number of esters is 1. The Morgan fingerprint density at radius 1 is 1.47 bits per heavy atom. The average Bonchev–Trinajstić information content (AvgIpc) is 2.21. The number of nitrogens with zero attached hydrogens (tertiary/aromatic N) is 1. The van der Waals surface area contributed by atoms with Crippen LogP contribution in [0.1, 0.15) is 25.8 Å². The zero-order valence-electron chi connectivity index (χ0n) is 10.6. The molecule has 0 atom stereocenters. The number of carbonyl (C=O) groups is 1. The van der Waals surface area contributed by atoms with Crippen LogP contribution < -0.4 is 5.56 Å². The summed E-state index contributed by atoms with van der Waals surface area (Å²) in [5.74, 6) is 0.140. The number of hydrogen-bond acceptors (Lipinski definition) is 3. The average molecular weight is 237 g/mol. The van der Waals surface area contributed by atoms with Gasteiger partial charge in [-0.2, -0.15) is 0 Å². The maximum atomic E-state index is 11.5. The standard InChI is InChI=1S/C13H19NO3/c1-10(2)5-7-17-13(16)9-14-6-4-11(3)8-12(14)15/h4,6,8,10H,5,7,9H2,1-3H3. The van der Waals surface area contributed by atoms with Crippen LogP contribution in [0.4, 0.5) is 0 Å². The Hall–Kier alpha value is -1.58. The molecule has 0 radical (unpaired) electrons. The van der Waals surface area contributed by atoms with Crippen molar-refractivity contribution < 1.29 is 9.53 Å². The Labute approximate surface area is 101 Å². The monoisotopic (exact) mass is 237 g/mol. The van der Waals surface area contributed by atoms with Crippen molar-refractivity contribution >= 4 is 5.97 Å². The lowest BCUT2D eigenvalue weighted by Gasteiger charge is -2.08. The quantitative estimate of drug-likeness (QED) is 0.733. The summed E-state index contributed by atoms with van der Waals surface area (Å²) >= 11 is 0. The van der Waals surface area contributed by atoms with Crippen molar-refractivity contribution in [1.82, 2.24) is 4.57 Å². The van der Waals surface area contributed by atoms with Crippen molar-refractivity contribution in [2.75, 3.05) is 6.61 Å². The third-order valence-corrected chi connectivity index (χ3v) is 2.41. The van der Waals surface area contributed by atoms with E-state index in [1.165, 1.54) is 10.6 Å². The van der Waals surface area contributed by atoms with E-state index >= 15 is 0 Å². The van der Waals surface area contributed by atoms with Gasteiger partial charge in [0.1, 0.15) is 6.54 Å². The van der Waals surface area contributed by atoms with Crippen LogP contribution in [-0.2, 0) is 16.1 Å². The van der Waals surface area contributed by atoms with Gasteiger partial charge < -0.3 is 9.30 Å². The van der Waals surface area contributed by atoms with E-state index in [0.717, 1.165) is 12.0 Å². The SMILES string of the molecule is Cc1ccn(CC(=O)OCCC(C)C)c(=O)c1. The molecule has 0 amide bonds. The number of hydrogen-bond donors (Lipinski definition) is 0. The molecule has 1 aromatic heterocycles. The van der Waals surface area contributed by atoms with Gasteiger partial charge in [0.15, 0.2) is 0 Å². The molecule has 0 saturated heterocycles. The molecule has 17 heavy (non-hydrogen) atoms. The van der Waals surface area contributed by atoms with Crippen molar-refractivity contribution in [2.45, 2.75) is 33.7 Å². The molecule has 0 aliphatic heterocycles. The summed E-state index contributed by atoms with van der Waals surface area (Å²) in [6.07, 6.45) is 2.45. The minimum Gasteiger partial charge on any atom is -0.464 e. The molecule has 1 rings (SSSR count). The Balaban J connectivity index is 2.48. The van der Waals surface area contributed by atoms with Crippen LogP contribution in [0.3, 0.4) is 0 Å². The summed E-state index contributed by atoms with van der Waals surface area (Å²) in [6.45, 7) is 6.37. The Morgan fingerprint density at radius 3 is 2.76 bits per heavy atom. The van der Waals surface area contributed by atoms with E-state index in [2.05, 4.69) is 13.8 Å². The van der Waals surface area contributed by atoms with E-state index in [1.54, 1.807) is 12.3 Å². The molecular weight excluding hydrogens is 218 g/mol. The third kappa shape index (κ3) is 4.85. The molecule has 1 heterocycles. The molecule has 94 valence electrons. The molecule has 0 bridgehead atoms. The lowest BCUT2D eigenvalue weighted by Crippen LogP contribution is -2.24. The minimum atomic E-state index is -0.364. The molecule has 4 nitrogen and oxygen atoms in total. The molecule has 0 aromatic carbocycles. The predicted octanol–water partition coefficient (Wildman–Crippen LogP) is 1.75. The molecule has 0 unspecified atom stereocenters. The second kappa shape index (κ2) is 6.23. The maximum absolute atomic E-state index is 11.5. The summed E-state index contributed by atoms with van der Waals surface area (Å²) in [5.41, 5.74) is 0.713. The lowest BCUT2D eigenvalue weighted by atomic mass is 10.1. The lowest BCUT2D eigenvalue weighted by molar-refractivity contribution is -0.144. The van der Waals surface area contributed by atoms with Gasteiger partial charge in [-0.1, -0.05) is 13.8 Å². The van der Waals surface area contributed by atoms with Gasteiger partial charge in [0, 0.05) is 12.3 Å². The largest absolute Gasteiger partial charge is 0.464 e. The van der Waals surface area contributed by atoms with E-state index < -0.39 is 0 Å². The highest BCUT2D eigenvalue weighted by molar-refractivity contribution is 5.69. The van der Waals surface area contributed by atoms with Crippen LogP contribution in [-0.4, -0.2) is 17.1 Å². The van der Waals surface area contributed by atoms with Gasteiger partial charge in [-0.05, 0) is 30.9 Å². The van der Waals surface area contributed by atoms with Gasteiger partial charge in [-0.15, -0.1) is 0 Å². The molecule has 0 N–H and O–H groups in total. The smallest absolute Gasteiger partial charge is 0.326 e. The highest BCUT2D eigenvalue weighted by Crippen LogP contribution is 1.99. The molecule has 0 aliphatic carbocycles. The highest BCUT2D eigenvalue weighted by atomic mass is 16.5. The topological polar surface area (TPSA) is 48.3 Å². The molecule has 0 fully saturated rings. The van der Waals surface area contributed by atoms with Gasteiger partial charge in [0.05, 0.1) is 6.61 Å². The normalized spacial score (nSPS) is 10.6. The summed E-state index contributed by atoms with van der Waals surface area (Å²) in [7, 11) is 0. The first-order valence-corrected chi connectivity index (χ1v) is 5.81. The first kappa shape index (κ1) is 13.5. The summed E-state index contributed by atoms with van der Waals surface area (Å²) < 4.78 is 6.40. The Bertz CT molecular complexity index is 435. The third-order valence-electron chi connectivity index (χ3n) is 2.41. The first-order valence-electron chi connectivity index (χ1n) is 5.81.